The molecule has 0 bridgehead atoms. The average molecular weight is 192 g/mol. The van der Waals surface area contributed by atoms with Crippen LogP contribution in [0.25, 0.3) is 0 Å². The molecule has 0 aromatic heterocycles. The molecule has 0 fully saturated rings. The minimum Gasteiger partial charge on any atom is -0.482 e. The van der Waals surface area contributed by atoms with Gasteiger partial charge < -0.3 is 14.6 Å². The number of hydrogen-bond donors (Lipinski definition) is 1. The molecule has 0 unspecified atom stereocenters. The summed E-state index contributed by atoms with van der Waals surface area (Å²) in [5.74, 6) is 0.505. The maximum atomic E-state index is 8.40. The van der Waals surface area contributed by atoms with E-state index in [2.05, 4.69) is 13.8 Å². The molecule has 0 atom stereocenters. The van der Waals surface area contributed by atoms with Crippen LogP contribution in [0, 0.1) is 5.92 Å². The summed E-state index contributed by atoms with van der Waals surface area (Å²) in [4.78, 5) is 0. The van der Waals surface area contributed by atoms with Crippen LogP contribution in [0.5, 0.6) is 0 Å². The van der Waals surface area contributed by atoms with Gasteiger partial charge in [0.05, 0.1) is 6.61 Å². The van der Waals surface area contributed by atoms with Gasteiger partial charge >= 0.3 is 0 Å². The molecule has 0 saturated heterocycles. The van der Waals surface area contributed by atoms with E-state index in [0.717, 1.165) is 0 Å². The van der Waals surface area contributed by atoms with Gasteiger partial charge in [0.25, 0.3) is 0 Å². The summed E-state index contributed by atoms with van der Waals surface area (Å²) in [6.07, 6.45) is 0. The van der Waals surface area contributed by atoms with Gasteiger partial charge in [-0.2, -0.15) is 0 Å². The molecule has 1 N–H and O–H groups in total. The number of thiocarbonyl (C=S) groups is 1. The van der Waals surface area contributed by atoms with Gasteiger partial charge in [-0.15, -0.1) is 0 Å². The summed E-state index contributed by atoms with van der Waals surface area (Å²) < 4.78 is 10.1. The molecule has 0 rings (SSSR count). The fourth-order valence-corrected chi connectivity index (χ4v) is 0.746. The van der Waals surface area contributed by atoms with Crippen LogP contribution in [0.1, 0.15) is 13.8 Å². The van der Waals surface area contributed by atoms with E-state index in [9.17, 15) is 0 Å². The molecule has 4 heteroatoms. The fraction of sp³-hybridized carbons (Fsp3) is 0.875. The second kappa shape index (κ2) is 7.46. The lowest BCUT2D eigenvalue weighted by Crippen LogP contribution is -2.14. The number of aliphatic hydroxyl groups excluding tert-OH is 1. The normalized spacial score (nSPS) is 10.3. The SMILES string of the molecule is CC(C)COCC(=S)OCCO. The van der Waals surface area contributed by atoms with Crippen LogP contribution in [0.3, 0.4) is 0 Å². The second-order valence-corrected chi connectivity index (χ2v) is 3.31. The average Bonchev–Trinajstić information content (AvgIpc) is 2.00. The van der Waals surface area contributed by atoms with Crippen LogP contribution in [-0.4, -0.2) is 36.6 Å². The lowest BCUT2D eigenvalue weighted by Gasteiger charge is -2.08. The van der Waals surface area contributed by atoms with E-state index in [1.165, 1.54) is 0 Å². The van der Waals surface area contributed by atoms with E-state index in [-0.39, 0.29) is 13.2 Å². The highest BCUT2D eigenvalue weighted by atomic mass is 32.1. The molecule has 0 radical (unpaired) electrons. The summed E-state index contributed by atoms with van der Waals surface area (Å²) in [6, 6.07) is 0. The van der Waals surface area contributed by atoms with Crippen molar-refractivity contribution in [1.82, 2.24) is 0 Å². The zero-order valence-electron chi connectivity index (χ0n) is 7.58. The van der Waals surface area contributed by atoms with Crippen molar-refractivity contribution in [3.8, 4) is 0 Å². The first kappa shape index (κ1) is 11.8. The quantitative estimate of drug-likeness (QED) is 0.637. The second-order valence-electron chi connectivity index (χ2n) is 2.85. The van der Waals surface area contributed by atoms with Crippen LogP contribution in [0.2, 0.25) is 0 Å². The first-order valence-electron chi connectivity index (χ1n) is 4.01. The molecule has 0 aliphatic heterocycles. The smallest absolute Gasteiger partial charge is 0.185 e. The summed E-state index contributed by atoms with van der Waals surface area (Å²) in [5.41, 5.74) is 0. The van der Waals surface area contributed by atoms with E-state index < -0.39 is 0 Å². The van der Waals surface area contributed by atoms with Gasteiger partial charge in [0, 0.05) is 6.61 Å². The van der Waals surface area contributed by atoms with Crippen LogP contribution in [-0.2, 0) is 9.47 Å². The molecule has 0 saturated carbocycles. The van der Waals surface area contributed by atoms with Crippen molar-refractivity contribution in [2.24, 2.45) is 5.92 Å². The number of aliphatic hydroxyl groups is 1. The molecule has 0 aliphatic carbocycles. The van der Waals surface area contributed by atoms with Gasteiger partial charge in [-0.25, -0.2) is 0 Å². The van der Waals surface area contributed by atoms with E-state index in [1.54, 1.807) is 0 Å². The van der Waals surface area contributed by atoms with Crippen LogP contribution >= 0.6 is 12.2 Å². The Bertz CT molecular complexity index is 125. The van der Waals surface area contributed by atoms with Gasteiger partial charge in [0.15, 0.2) is 5.05 Å². The lowest BCUT2D eigenvalue weighted by molar-refractivity contribution is 0.122. The van der Waals surface area contributed by atoms with E-state index >= 15 is 0 Å². The third kappa shape index (κ3) is 7.91. The van der Waals surface area contributed by atoms with Crippen molar-refractivity contribution < 1.29 is 14.6 Å². The summed E-state index contributed by atoms with van der Waals surface area (Å²) in [6.45, 7) is 5.40. The van der Waals surface area contributed by atoms with Crippen molar-refractivity contribution in [3.63, 3.8) is 0 Å². The minimum absolute atomic E-state index is 0.00960. The monoisotopic (exact) mass is 192 g/mol. The van der Waals surface area contributed by atoms with E-state index in [1.807, 2.05) is 0 Å². The van der Waals surface area contributed by atoms with Crippen molar-refractivity contribution in [2.45, 2.75) is 13.8 Å². The predicted octanol–water partition coefficient (Wildman–Crippen LogP) is 0.995. The predicted molar refractivity (Wildman–Crippen MR) is 51.3 cm³/mol. The summed E-state index contributed by atoms with van der Waals surface area (Å²) >= 11 is 4.81. The molecule has 0 aromatic carbocycles. The zero-order chi connectivity index (χ0) is 9.40. The number of rotatable bonds is 6. The lowest BCUT2D eigenvalue weighted by atomic mass is 10.2. The van der Waals surface area contributed by atoms with Crippen LogP contribution < -0.4 is 0 Å². The Hall–Kier alpha value is -0.190. The standard InChI is InChI=1S/C8H16O3S/c1-7(2)5-10-6-8(12)11-4-3-9/h7,9H,3-6H2,1-2H3. The van der Waals surface area contributed by atoms with Gasteiger partial charge in [-0.05, 0) is 18.1 Å². The maximum absolute atomic E-state index is 8.40. The van der Waals surface area contributed by atoms with Crippen molar-refractivity contribution in [1.29, 1.82) is 0 Å². The van der Waals surface area contributed by atoms with Crippen molar-refractivity contribution in [2.75, 3.05) is 26.4 Å². The molecular weight excluding hydrogens is 176 g/mol. The first-order chi connectivity index (χ1) is 5.66. The third-order valence-electron chi connectivity index (χ3n) is 1.03. The molecule has 3 nitrogen and oxygen atoms in total. The molecular formula is C8H16O3S. The maximum Gasteiger partial charge on any atom is 0.185 e. The topological polar surface area (TPSA) is 38.7 Å². The largest absolute Gasteiger partial charge is 0.482 e. The van der Waals surface area contributed by atoms with Crippen LogP contribution in [0.15, 0.2) is 0 Å². The molecule has 72 valence electrons. The van der Waals surface area contributed by atoms with Crippen LogP contribution in [0.4, 0.5) is 0 Å². The van der Waals surface area contributed by atoms with Gasteiger partial charge in [0.1, 0.15) is 13.2 Å². The highest BCUT2D eigenvalue weighted by Crippen LogP contribution is 1.93. The van der Waals surface area contributed by atoms with Crippen molar-refractivity contribution >= 4 is 17.3 Å². The molecule has 0 amide bonds. The third-order valence-corrected chi connectivity index (χ3v) is 1.26. The van der Waals surface area contributed by atoms with Gasteiger partial charge in [0.2, 0.25) is 0 Å². The fourth-order valence-electron chi connectivity index (χ4n) is 0.579. The minimum atomic E-state index is -0.00960. The number of hydrogen-bond acceptors (Lipinski definition) is 4. The first-order valence-corrected chi connectivity index (χ1v) is 4.42. The Morgan fingerprint density at radius 3 is 2.67 bits per heavy atom. The molecule has 0 heterocycles. The molecule has 0 aliphatic rings. The van der Waals surface area contributed by atoms with E-state index in [4.69, 9.17) is 26.8 Å². The Balaban J connectivity index is 3.20. The van der Waals surface area contributed by atoms with Gasteiger partial charge in [-0.3, -0.25) is 0 Å². The molecule has 12 heavy (non-hydrogen) atoms. The summed E-state index contributed by atoms with van der Waals surface area (Å²) in [7, 11) is 0. The Kier molecular flexibility index (Phi) is 7.34. The Morgan fingerprint density at radius 2 is 2.17 bits per heavy atom. The zero-order valence-corrected chi connectivity index (χ0v) is 8.39. The Labute approximate surface area is 78.7 Å². The number of ether oxygens (including phenoxy) is 2. The van der Waals surface area contributed by atoms with Gasteiger partial charge in [-0.1, -0.05) is 13.8 Å². The molecule has 0 aromatic rings. The molecule has 0 spiro atoms. The Morgan fingerprint density at radius 1 is 1.50 bits per heavy atom. The van der Waals surface area contributed by atoms with Crippen molar-refractivity contribution in [3.05, 3.63) is 0 Å². The summed E-state index contributed by atoms with van der Waals surface area (Å²) in [5, 5.41) is 8.81. The van der Waals surface area contributed by atoms with E-state index in [0.29, 0.717) is 24.2 Å². The highest BCUT2D eigenvalue weighted by molar-refractivity contribution is 7.80. The highest BCUT2D eigenvalue weighted by Gasteiger charge is 1.98.